The van der Waals surface area contributed by atoms with Crippen molar-refractivity contribution in [1.82, 2.24) is 4.90 Å². The first kappa shape index (κ1) is 10.2. The summed E-state index contributed by atoms with van der Waals surface area (Å²) < 4.78 is 0. The second kappa shape index (κ2) is 4.43. The van der Waals surface area contributed by atoms with Gasteiger partial charge in [-0.3, -0.25) is 4.79 Å². The number of carbonyl (C=O) groups excluding carboxylic acids is 1. The van der Waals surface area contributed by atoms with E-state index >= 15 is 0 Å². The molecule has 1 aliphatic carbocycles. The Morgan fingerprint density at radius 2 is 1.93 bits per heavy atom. The maximum Gasteiger partial charge on any atom is 0.132 e. The third-order valence-corrected chi connectivity index (χ3v) is 3.82. The fraction of sp³-hybridized carbons (Fsp3) is 0.917. The Labute approximate surface area is 86.7 Å². The summed E-state index contributed by atoms with van der Waals surface area (Å²) in [5.74, 6) is 2.26. The van der Waals surface area contributed by atoms with Crippen molar-refractivity contribution in [3.63, 3.8) is 0 Å². The molecule has 2 fully saturated rings. The maximum absolute atomic E-state index is 11.1. The molecule has 1 aliphatic heterocycles. The molecule has 0 N–H and O–H groups in total. The molecule has 0 amide bonds. The predicted molar refractivity (Wildman–Crippen MR) is 57.2 cm³/mol. The number of carbonyl (C=O) groups is 1. The Morgan fingerprint density at radius 1 is 1.21 bits per heavy atom. The summed E-state index contributed by atoms with van der Waals surface area (Å²) in [6.45, 7) is 2.56. The Morgan fingerprint density at radius 3 is 2.50 bits per heavy atom. The van der Waals surface area contributed by atoms with Gasteiger partial charge in [0, 0.05) is 19.4 Å². The molecule has 1 saturated carbocycles. The van der Waals surface area contributed by atoms with Gasteiger partial charge in [-0.1, -0.05) is 0 Å². The molecule has 0 bridgehead atoms. The summed E-state index contributed by atoms with van der Waals surface area (Å²) >= 11 is 0. The Kier molecular flexibility index (Phi) is 3.22. The van der Waals surface area contributed by atoms with Crippen LogP contribution in [0.4, 0.5) is 0 Å². The van der Waals surface area contributed by atoms with E-state index in [-0.39, 0.29) is 0 Å². The molecule has 2 rings (SSSR count). The highest BCUT2D eigenvalue weighted by Crippen LogP contribution is 2.30. The third kappa shape index (κ3) is 2.57. The van der Waals surface area contributed by atoms with Crippen LogP contribution in [0.25, 0.3) is 0 Å². The van der Waals surface area contributed by atoms with Gasteiger partial charge < -0.3 is 4.90 Å². The monoisotopic (exact) mass is 195 g/mol. The lowest BCUT2D eigenvalue weighted by Gasteiger charge is -2.23. The van der Waals surface area contributed by atoms with E-state index in [2.05, 4.69) is 11.9 Å². The van der Waals surface area contributed by atoms with Gasteiger partial charge in [-0.25, -0.2) is 0 Å². The lowest BCUT2D eigenvalue weighted by molar-refractivity contribution is -0.121. The molecule has 2 heteroatoms. The average molecular weight is 195 g/mol. The number of likely N-dealkylation sites (tertiary alicyclic amines) is 1. The van der Waals surface area contributed by atoms with Crippen LogP contribution in [0, 0.1) is 11.8 Å². The number of ketones is 1. The quantitative estimate of drug-likeness (QED) is 0.672. The summed E-state index contributed by atoms with van der Waals surface area (Å²) in [6, 6.07) is 0. The van der Waals surface area contributed by atoms with Crippen molar-refractivity contribution >= 4 is 5.78 Å². The highest BCUT2D eigenvalue weighted by atomic mass is 16.1. The molecule has 1 atom stereocenters. The second-order valence-corrected chi connectivity index (χ2v) is 5.13. The van der Waals surface area contributed by atoms with Gasteiger partial charge in [-0.2, -0.15) is 0 Å². The molecular weight excluding hydrogens is 174 g/mol. The number of nitrogens with zero attached hydrogens (tertiary/aromatic N) is 1. The highest BCUT2D eigenvalue weighted by Gasteiger charge is 2.25. The smallest absolute Gasteiger partial charge is 0.132 e. The van der Waals surface area contributed by atoms with Crippen molar-refractivity contribution in [2.75, 3.05) is 20.1 Å². The Hall–Kier alpha value is -0.370. The molecule has 1 heterocycles. The van der Waals surface area contributed by atoms with Gasteiger partial charge in [0.2, 0.25) is 0 Å². The number of hydrogen-bond donors (Lipinski definition) is 0. The van der Waals surface area contributed by atoms with Crippen molar-refractivity contribution in [2.24, 2.45) is 11.8 Å². The van der Waals surface area contributed by atoms with Crippen molar-refractivity contribution in [3.05, 3.63) is 0 Å². The molecule has 0 radical (unpaired) electrons. The predicted octanol–water partition coefficient (Wildman–Crippen LogP) is 2.09. The summed E-state index contributed by atoms with van der Waals surface area (Å²) in [5.41, 5.74) is 0. The van der Waals surface area contributed by atoms with Gasteiger partial charge in [0.25, 0.3) is 0 Å². The first-order valence-corrected chi connectivity index (χ1v) is 5.94. The maximum atomic E-state index is 11.1. The molecule has 2 aliphatic rings. The van der Waals surface area contributed by atoms with E-state index in [9.17, 15) is 4.79 Å². The molecule has 0 aromatic heterocycles. The van der Waals surface area contributed by atoms with Crippen LogP contribution in [0.5, 0.6) is 0 Å². The minimum Gasteiger partial charge on any atom is -0.306 e. The fourth-order valence-electron chi connectivity index (χ4n) is 2.93. The molecule has 1 saturated heterocycles. The SMILES string of the molecule is CN1CCC(CC2CCC(=O)CC2)C1. The minimum atomic E-state index is 0.491. The Balaban J connectivity index is 1.72. The van der Waals surface area contributed by atoms with Gasteiger partial charge in [-0.15, -0.1) is 0 Å². The van der Waals surface area contributed by atoms with Gasteiger partial charge in [0.05, 0.1) is 0 Å². The largest absolute Gasteiger partial charge is 0.306 e. The minimum absolute atomic E-state index is 0.491. The van der Waals surface area contributed by atoms with E-state index in [1.54, 1.807) is 0 Å². The van der Waals surface area contributed by atoms with Crippen LogP contribution in [-0.4, -0.2) is 30.8 Å². The summed E-state index contributed by atoms with van der Waals surface area (Å²) in [4.78, 5) is 13.5. The van der Waals surface area contributed by atoms with Crippen LogP contribution in [0.2, 0.25) is 0 Å². The van der Waals surface area contributed by atoms with Gasteiger partial charge in [0.1, 0.15) is 5.78 Å². The van der Waals surface area contributed by atoms with Gasteiger partial charge in [-0.05, 0) is 51.1 Å². The standard InChI is InChI=1S/C12H21NO/c1-13-7-6-11(9-13)8-10-2-4-12(14)5-3-10/h10-11H,2-9H2,1H3. The highest BCUT2D eigenvalue weighted by molar-refractivity contribution is 5.78. The van der Waals surface area contributed by atoms with Gasteiger partial charge >= 0.3 is 0 Å². The number of Topliss-reactive ketones (excluding diaryl/α,β-unsaturated/α-hetero) is 1. The van der Waals surface area contributed by atoms with E-state index in [0.717, 1.165) is 24.7 Å². The van der Waals surface area contributed by atoms with Crippen molar-refractivity contribution in [1.29, 1.82) is 0 Å². The molecule has 0 spiro atoms. The van der Waals surface area contributed by atoms with Crippen LogP contribution in [0.15, 0.2) is 0 Å². The molecule has 0 aromatic carbocycles. The zero-order chi connectivity index (χ0) is 9.97. The van der Waals surface area contributed by atoms with Crippen LogP contribution in [0.3, 0.4) is 0 Å². The number of rotatable bonds is 2. The normalized spacial score (nSPS) is 31.2. The van der Waals surface area contributed by atoms with E-state index in [1.165, 1.54) is 38.8 Å². The van der Waals surface area contributed by atoms with Crippen LogP contribution in [-0.2, 0) is 4.79 Å². The lowest BCUT2D eigenvalue weighted by Crippen LogP contribution is -2.19. The second-order valence-electron chi connectivity index (χ2n) is 5.13. The van der Waals surface area contributed by atoms with E-state index in [1.807, 2.05) is 0 Å². The summed E-state index contributed by atoms with van der Waals surface area (Å²) in [6.07, 6.45) is 6.79. The summed E-state index contributed by atoms with van der Waals surface area (Å²) in [5, 5.41) is 0. The van der Waals surface area contributed by atoms with Crippen molar-refractivity contribution in [2.45, 2.75) is 38.5 Å². The molecule has 80 valence electrons. The topological polar surface area (TPSA) is 20.3 Å². The third-order valence-electron chi connectivity index (χ3n) is 3.82. The first-order valence-electron chi connectivity index (χ1n) is 5.94. The van der Waals surface area contributed by atoms with Crippen molar-refractivity contribution in [3.8, 4) is 0 Å². The first-order chi connectivity index (χ1) is 6.74. The fourth-order valence-corrected chi connectivity index (χ4v) is 2.93. The molecular formula is C12H21NO. The molecule has 2 nitrogen and oxygen atoms in total. The average Bonchev–Trinajstić information content (AvgIpc) is 2.56. The summed E-state index contributed by atoms with van der Waals surface area (Å²) in [7, 11) is 2.21. The molecule has 0 aromatic rings. The number of hydrogen-bond acceptors (Lipinski definition) is 2. The van der Waals surface area contributed by atoms with Crippen LogP contribution < -0.4 is 0 Å². The van der Waals surface area contributed by atoms with E-state index in [0.29, 0.717) is 5.78 Å². The van der Waals surface area contributed by atoms with Gasteiger partial charge in [0.15, 0.2) is 0 Å². The molecule has 1 unspecified atom stereocenters. The van der Waals surface area contributed by atoms with Crippen LogP contribution >= 0.6 is 0 Å². The lowest BCUT2D eigenvalue weighted by atomic mass is 9.82. The zero-order valence-corrected chi connectivity index (χ0v) is 9.17. The zero-order valence-electron chi connectivity index (χ0n) is 9.17. The Bertz CT molecular complexity index is 204. The van der Waals surface area contributed by atoms with Crippen molar-refractivity contribution < 1.29 is 4.79 Å². The van der Waals surface area contributed by atoms with E-state index in [4.69, 9.17) is 0 Å². The van der Waals surface area contributed by atoms with E-state index < -0.39 is 0 Å². The van der Waals surface area contributed by atoms with Crippen LogP contribution in [0.1, 0.15) is 38.5 Å². The molecule has 14 heavy (non-hydrogen) atoms.